The van der Waals surface area contributed by atoms with Crippen LogP contribution in [0.25, 0.3) is 0 Å². The molecule has 0 atom stereocenters. The molecule has 0 aromatic heterocycles. The van der Waals surface area contributed by atoms with Crippen molar-refractivity contribution in [3.05, 3.63) is 59.7 Å². The molecule has 0 aliphatic carbocycles. The number of hydrogen-bond acceptors (Lipinski definition) is 5. The first kappa shape index (κ1) is 26.6. The predicted octanol–water partition coefficient (Wildman–Crippen LogP) is 3.13. The van der Waals surface area contributed by atoms with E-state index in [2.05, 4.69) is 5.32 Å². The maximum atomic E-state index is 13.2. The van der Waals surface area contributed by atoms with Gasteiger partial charge < -0.3 is 10.1 Å². The number of methoxy groups -OCH3 is 1. The minimum atomic E-state index is -4.28. The van der Waals surface area contributed by atoms with Crippen LogP contribution < -0.4 is 10.1 Å². The number of halogens is 3. The van der Waals surface area contributed by atoms with Crippen molar-refractivity contribution in [1.82, 2.24) is 14.5 Å². The first-order valence-corrected chi connectivity index (χ1v) is 11.6. The Morgan fingerprint density at radius 1 is 1.09 bits per heavy atom. The van der Waals surface area contributed by atoms with E-state index in [9.17, 15) is 26.4 Å². The van der Waals surface area contributed by atoms with Crippen LogP contribution in [0.5, 0.6) is 5.75 Å². The van der Waals surface area contributed by atoms with Crippen molar-refractivity contribution in [3.63, 3.8) is 0 Å². The van der Waals surface area contributed by atoms with Gasteiger partial charge in [0, 0.05) is 25.7 Å². The van der Waals surface area contributed by atoms with Crippen molar-refractivity contribution >= 4 is 15.9 Å². The zero-order chi connectivity index (χ0) is 24.6. The van der Waals surface area contributed by atoms with Gasteiger partial charge in [-0.3, -0.25) is 9.69 Å². The van der Waals surface area contributed by atoms with Gasteiger partial charge in [-0.05, 0) is 43.8 Å². The van der Waals surface area contributed by atoms with E-state index in [1.165, 1.54) is 43.7 Å². The van der Waals surface area contributed by atoms with Crippen LogP contribution in [0.3, 0.4) is 0 Å². The standard InChI is InChI=1S/C22H28F3N3O4S/c1-27(16-22(23,24)25)13-7-12-26-21(29)18-10-11-19(32-3)20(14-18)33(30,31)28(2)15-17-8-5-4-6-9-17/h4-6,8-11,14H,7,12-13,15-16H2,1-3H3,(H,26,29). The van der Waals surface area contributed by atoms with Gasteiger partial charge in [-0.1, -0.05) is 30.3 Å². The summed E-state index contributed by atoms with van der Waals surface area (Å²) in [5, 5.41) is 2.61. The Morgan fingerprint density at radius 3 is 2.36 bits per heavy atom. The number of hydrogen-bond donors (Lipinski definition) is 1. The van der Waals surface area contributed by atoms with Crippen molar-refractivity contribution in [3.8, 4) is 5.75 Å². The SMILES string of the molecule is COc1ccc(C(=O)NCCCN(C)CC(F)(F)F)cc1S(=O)(=O)N(C)Cc1ccccc1. The molecule has 0 heterocycles. The number of alkyl halides is 3. The number of sulfonamides is 1. The second-order valence-corrected chi connectivity index (χ2v) is 9.59. The number of amides is 1. The van der Waals surface area contributed by atoms with Gasteiger partial charge in [-0.25, -0.2) is 8.42 Å². The van der Waals surface area contributed by atoms with Gasteiger partial charge in [0.2, 0.25) is 10.0 Å². The predicted molar refractivity (Wildman–Crippen MR) is 119 cm³/mol. The molecule has 2 aromatic rings. The summed E-state index contributed by atoms with van der Waals surface area (Å²) in [6.45, 7) is -0.610. The molecular weight excluding hydrogens is 459 g/mol. The lowest BCUT2D eigenvalue weighted by atomic mass is 10.2. The Kier molecular flexibility index (Phi) is 9.26. The molecule has 0 saturated carbocycles. The van der Waals surface area contributed by atoms with Crippen LogP contribution in [0.4, 0.5) is 13.2 Å². The number of benzene rings is 2. The fourth-order valence-corrected chi connectivity index (χ4v) is 4.49. The molecule has 0 unspecified atom stereocenters. The van der Waals surface area contributed by atoms with E-state index in [0.29, 0.717) is 6.42 Å². The molecule has 2 rings (SSSR count). The molecular formula is C22H28F3N3O4S. The van der Waals surface area contributed by atoms with Crippen LogP contribution in [-0.2, 0) is 16.6 Å². The van der Waals surface area contributed by atoms with E-state index < -0.39 is 28.7 Å². The van der Waals surface area contributed by atoms with Crippen LogP contribution in [0.1, 0.15) is 22.3 Å². The summed E-state index contributed by atoms with van der Waals surface area (Å²) in [6, 6.07) is 13.1. The van der Waals surface area contributed by atoms with Crippen LogP contribution >= 0.6 is 0 Å². The molecule has 1 N–H and O–H groups in total. The Balaban J connectivity index is 2.07. The lowest BCUT2D eigenvalue weighted by Crippen LogP contribution is -2.34. The number of carbonyl (C=O) groups excluding carboxylic acids is 1. The molecule has 0 aliphatic rings. The molecule has 1 amide bonds. The minimum absolute atomic E-state index is 0.0974. The molecule has 0 spiro atoms. The van der Waals surface area contributed by atoms with Crippen LogP contribution in [0.15, 0.2) is 53.4 Å². The summed E-state index contributed by atoms with van der Waals surface area (Å²) in [6.07, 6.45) is -3.98. The average molecular weight is 488 g/mol. The largest absolute Gasteiger partial charge is 0.495 e. The first-order valence-electron chi connectivity index (χ1n) is 10.2. The Morgan fingerprint density at radius 2 is 1.76 bits per heavy atom. The van der Waals surface area contributed by atoms with Crippen molar-refractivity contribution in [2.45, 2.75) is 24.0 Å². The van der Waals surface area contributed by atoms with Gasteiger partial charge in [0.15, 0.2) is 0 Å². The monoisotopic (exact) mass is 487 g/mol. The van der Waals surface area contributed by atoms with Crippen LogP contribution in [-0.4, -0.2) is 70.5 Å². The maximum Gasteiger partial charge on any atom is 0.401 e. The minimum Gasteiger partial charge on any atom is -0.495 e. The van der Waals surface area contributed by atoms with Crippen molar-refractivity contribution in [1.29, 1.82) is 0 Å². The van der Waals surface area contributed by atoms with Crippen molar-refractivity contribution in [2.75, 3.05) is 40.8 Å². The molecule has 182 valence electrons. The fraction of sp³-hybridized carbons (Fsp3) is 0.409. The first-order chi connectivity index (χ1) is 15.4. The number of nitrogens with one attached hydrogen (secondary N) is 1. The lowest BCUT2D eigenvalue weighted by molar-refractivity contribution is -0.143. The molecule has 0 aliphatic heterocycles. The van der Waals surface area contributed by atoms with E-state index in [0.717, 1.165) is 10.5 Å². The Labute approximate surface area is 192 Å². The molecule has 0 bridgehead atoms. The Bertz CT molecular complexity index is 1030. The molecule has 0 radical (unpaired) electrons. The van der Waals surface area contributed by atoms with Gasteiger partial charge in [0.25, 0.3) is 5.91 Å². The third kappa shape index (κ3) is 8.02. The molecule has 7 nitrogen and oxygen atoms in total. The summed E-state index contributed by atoms with van der Waals surface area (Å²) >= 11 is 0. The molecule has 11 heteroatoms. The second kappa shape index (κ2) is 11.5. The number of nitrogens with zero attached hydrogens (tertiary/aromatic N) is 2. The fourth-order valence-electron chi connectivity index (χ4n) is 3.15. The normalized spacial score (nSPS) is 12.2. The van der Waals surface area contributed by atoms with Gasteiger partial charge in [-0.2, -0.15) is 17.5 Å². The third-order valence-corrected chi connectivity index (χ3v) is 6.64. The van der Waals surface area contributed by atoms with Gasteiger partial charge in [0.05, 0.1) is 13.7 Å². The highest BCUT2D eigenvalue weighted by Gasteiger charge is 2.29. The summed E-state index contributed by atoms with van der Waals surface area (Å²) < 4.78 is 69.8. The van der Waals surface area contributed by atoms with Crippen molar-refractivity contribution in [2.24, 2.45) is 0 Å². The molecule has 0 fully saturated rings. The summed E-state index contributed by atoms with van der Waals surface area (Å²) in [5.74, 6) is -0.432. The van der Waals surface area contributed by atoms with Crippen LogP contribution in [0.2, 0.25) is 0 Å². The van der Waals surface area contributed by atoms with Gasteiger partial charge in [-0.15, -0.1) is 0 Å². The molecule has 2 aromatic carbocycles. The Hall–Kier alpha value is -2.63. The zero-order valence-corrected chi connectivity index (χ0v) is 19.5. The van der Waals surface area contributed by atoms with Gasteiger partial charge in [0.1, 0.15) is 10.6 Å². The van der Waals surface area contributed by atoms with Crippen LogP contribution in [0, 0.1) is 0 Å². The van der Waals surface area contributed by atoms with E-state index in [1.54, 1.807) is 12.1 Å². The lowest BCUT2D eigenvalue weighted by Gasteiger charge is -2.20. The maximum absolute atomic E-state index is 13.2. The van der Waals surface area contributed by atoms with E-state index in [4.69, 9.17) is 4.74 Å². The zero-order valence-electron chi connectivity index (χ0n) is 18.7. The topological polar surface area (TPSA) is 79.0 Å². The highest BCUT2D eigenvalue weighted by molar-refractivity contribution is 7.89. The van der Waals surface area contributed by atoms with E-state index in [-0.39, 0.29) is 35.8 Å². The number of rotatable bonds is 11. The highest BCUT2D eigenvalue weighted by atomic mass is 32.2. The molecule has 33 heavy (non-hydrogen) atoms. The van der Waals surface area contributed by atoms with Crippen molar-refractivity contribution < 1.29 is 31.1 Å². The summed E-state index contributed by atoms with van der Waals surface area (Å²) in [7, 11) is 0.147. The van der Waals surface area contributed by atoms with Gasteiger partial charge >= 0.3 is 6.18 Å². The average Bonchev–Trinajstić information content (AvgIpc) is 2.75. The highest BCUT2D eigenvalue weighted by Crippen LogP contribution is 2.28. The quantitative estimate of drug-likeness (QED) is 0.493. The molecule has 0 saturated heterocycles. The van der Waals surface area contributed by atoms with E-state index in [1.807, 2.05) is 18.2 Å². The van der Waals surface area contributed by atoms with E-state index >= 15 is 0 Å². The summed E-state index contributed by atoms with van der Waals surface area (Å²) in [5.41, 5.74) is 0.901. The summed E-state index contributed by atoms with van der Waals surface area (Å²) in [4.78, 5) is 13.5. The number of carbonyl (C=O) groups is 1. The number of ether oxygens (including phenoxy) is 1. The third-order valence-electron chi connectivity index (χ3n) is 4.81. The smallest absolute Gasteiger partial charge is 0.401 e. The second-order valence-electron chi connectivity index (χ2n) is 7.57.